The molecule has 0 unspecified atom stereocenters. The average molecular weight is 317 g/mol. The van der Waals surface area contributed by atoms with Crippen molar-refractivity contribution in [2.45, 2.75) is 25.6 Å². The van der Waals surface area contributed by atoms with Crippen LogP contribution in [0.3, 0.4) is 0 Å². The fourth-order valence-electron chi connectivity index (χ4n) is 2.54. The highest BCUT2D eigenvalue weighted by Gasteiger charge is 2.26. The number of nitrogens with zero attached hydrogens (tertiary/aromatic N) is 3. The van der Waals surface area contributed by atoms with Crippen LogP contribution in [0.5, 0.6) is 6.01 Å². The molecule has 0 aliphatic carbocycles. The molecule has 1 saturated heterocycles. The third-order valence-corrected chi connectivity index (χ3v) is 3.70. The van der Waals surface area contributed by atoms with E-state index in [4.69, 9.17) is 13.9 Å². The van der Waals surface area contributed by atoms with E-state index in [1.807, 2.05) is 0 Å². The van der Waals surface area contributed by atoms with Gasteiger partial charge >= 0.3 is 6.01 Å². The van der Waals surface area contributed by atoms with E-state index in [9.17, 15) is 4.79 Å². The standard InChI is InChI=1S/C16H19N3O4/c1-21-11-13-3-4-14(22-13)15(20)19-9-5-12(6-10-19)23-16-17-7-2-8-18-16/h2-4,7-8,12H,5-6,9-11H2,1H3. The van der Waals surface area contributed by atoms with Crippen molar-refractivity contribution in [3.63, 3.8) is 0 Å². The zero-order valence-electron chi connectivity index (χ0n) is 13.0. The summed E-state index contributed by atoms with van der Waals surface area (Å²) >= 11 is 0. The lowest BCUT2D eigenvalue weighted by atomic mass is 10.1. The third kappa shape index (κ3) is 3.87. The third-order valence-electron chi connectivity index (χ3n) is 3.70. The first-order valence-electron chi connectivity index (χ1n) is 7.57. The molecule has 23 heavy (non-hydrogen) atoms. The normalized spacial score (nSPS) is 15.6. The van der Waals surface area contributed by atoms with Gasteiger partial charge in [-0.2, -0.15) is 0 Å². The van der Waals surface area contributed by atoms with Gasteiger partial charge in [-0.3, -0.25) is 4.79 Å². The first kappa shape index (κ1) is 15.5. The lowest BCUT2D eigenvalue weighted by Gasteiger charge is -2.31. The molecule has 0 spiro atoms. The summed E-state index contributed by atoms with van der Waals surface area (Å²) in [5.41, 5.74) is 0. The number of likely N-dealkylation sites (tertiary alicyclic amines) is 1. The molecule has 0 atom stereocenters. The SMILES string of the molecule is COCc1ccc(C(=O)N2CCC(Oc3ncccn3)CC2)o1. The van der Waals surface area contributed by atoms with Crippen molar-refractivity contribution in [1.82, 2.24) is 14.9 Å². The summed E-state index contributed by atoms with van der Waals surface area (Å²) < 4.78 is 16.2. The van der Waals surface area contributed by atoms with Gasteiger partial charge in [0.15, 0.2) is 5.76 Å². The van der Waals surface area contributed by atoms with Crippen molar-refractivity contribution >= 4 is 5.91 Å². The fourth-order valence-corrected chi connectivity index (χ4v) is 2.54. The van der Waals surface area contributed by atoms with Gasteiger partial charge in [0.25, 0.3) is 5.91 Å². The van der Waals surface area contributed by atoms with E-state index in [1.54, 1.807) is 42.6 Å². The van der Waals surface area contributed by atoms with Crippen LogP contribution >= 0.6 is 0 Å². The Bertz CT molecular complexity index is 636. The van der Waals surface area contributed by atoms with E-state index in [1.165, 1.54) is 0 Å². The molecule has 0 bridgehead atoms. The summed E-state index contributed by atoms with van der Waals surface area (Å²) in [6.07, 6.45) is 4.82. The summed E-state index contributed by atoms with van der Waals surface area (Å²) in [4.78, 5) is 22.3. The molecule has 2 aromatic heterocycles. The first-order valence-corrected chi connectivity index (χ1v) is 7.57. The lowest BCUT2D eigenvalue weighted by Crippen LogP contribution is -2.41. The van der Waals surface area contributed by atoms with Crippen molar-refractivity contribution in [2.75, 3.05) is 20.2 Å². The summed E-state index contributed by atoms with van der Waals surface area (Å²) in [7, 11) is 1.59. The minimum atomic E-state index is -0.0956. The van der Waals surface area contributed by atoms with Crippen molar-refractivity contribution in [3.05, 3.63) is 42.1 Å². The highest BCUT2D eigenvalue weighted by atomic mass is 16.5. The van der Waals surface area contributed by atoms with Gasteiger partial charge in [-0.25, -0.2) is 9.97 Å². The minimum absolute atomic E-state index is 0.0297. The molecular formula is C16H19N3O4. The smallest absolute Gasteiger partial charge is 0.316 e. The Morgan fingerprint density at radius 2 is 2.04 bits per heavy atom. The summed E-state index contributed by atoms with van der Waals surface area (Å²) in [5.74, 6) is 0.903. The van der Waals surface area contributed by atoms with Crippen LogP contribution in [0, 0.1) is 0 Å². The second-order valence-corrected chi connectivity index (χ2v) is 5.34. The lowest BCUT2D eigenvalue weighted by molar-refractivity contribution is 0.0545. The van der Waals surface area contributed by atoms with Crippen LogP contribution < -0.4 is 4.74 Å². The van der Waals surface area contributed by atoms with E-state index in [0.717, 1.165) is 12.8 Å². The molecule has 2 aromatic rings. The quantitative estimate of drug-likeness (QED) is 0.838. The number of methoxy groups -OCH3 is 1. The zero-order valence-corrected chi connectivity index (χ0v) is 13.0. The average Bonchev–Trinajstić information content (AvgIpc) is 3.05. The molecule has 7 heteroatoms. The highest BCUT2D eigenvalue weighted by Crippen LogP contribution is 2.18. The zero-order chi connectivity index (χ0) is 16.1. The Balaban J connectivity index is 1.52. The van der Waals surface area contributed by atoms with E-state index in [2.05, 4.69) is 9.97 Å². The van der Waals surface area contributed by atoms with Gasteiger partial charge in [-0.05, 0) is 18.2 Å². The van der Waals surface area contributed by atoms with Crippen LogP contribution in [-0.4, -0.2) is 47.1 Å². The van der Waals surface area contributed by atoms with Crippen LogP contribution in [0.15, 0.2) is 35.0 Å². The van der Waals surface area contributed by atoms with E-state index in [-0.39, 0.29) is 12.0 Å². The molecular weight excluding hydrogens is 298 g/mol. The predicted molar refractivity (Wildman–Crippen MR) is 81.0 cm³/mol. The van der Waals surface area contributed by atoms with Crippen LogP contribution in [0.2, 0.25) is 0 Å². The highest BCUT2D eigenvalue weighted by molar-refractivity contribution is 5.91. The number of hydrogen-bond acceptors (Lipinski definition) is 6. The number of carbonyl (C=O) groups is 1. The van der Waals surface area contributed by atoms with Gasteiger partial charge in [-0.15, -0.1) is 0 Å². The summed E-state index contributed by atoms with van der Waals surface area (Å²) in [6.45, 7) is 1.60. The van der Waals surface area contributed by atoms with Gasteiger partial charge in [0, 0.05) is 45.4 Å². The van der Waals surface area contributed by atoms with Crippen LogP contribution in [-0.2, 0) is 11.3 Å². The molecule has 122 valence electrons. The topological polar surface area (TPSA) is 77.7 Å². The van der Waals surface area contributed by atoms with Crippen LogP contribution in [0.1, 0.15) is 29.2 Å². The second kappa shape index (κ2) is 7.23. The minimum Gasteiger partial charge on any atom is -0.460 e. The monoisotopic (exact) mass is 317 g/mol. The van der Waals surface area contributed by atoms with Crippen molar-refractivity contribution in [1.29, 1.82) is 0 Å². The maximum absolute atomic E-state index is 12.4. The molecule has 0 N–H and O–H groups in total. The Labute approximate surface area is 134 Å². The fraction of sp³-hybridized carbons (Fsp3) is 0.438. The number of piperidine rings is 1. The molecule has 1 fully saturated rings. The van der Waals surface area contributed by atoms with Gasteiger partial charge in [-0.1, -0.05) is 0 Å². The Morgan fingerprint density at radius 3 is 2.74 bits per heavy atom. The van der Waals surface area contributed by atoms with E-state index in [0.29, 0.717) is 37.2 Å². The number of carbonyl (C=O) groups excluding carboxylic acids is 1. The number of hydrogen-bond donors (Lipinski definition) is 0. The second-order valence-electron chi connectivity index (χ2n) is 5.34. The molecule has 3 heterocycles. The van der Waals surface area contributed by atoms with E-state index < -0.39 is 0 Å². The maximum Gasteiger partial charge on any atom is 0.316 e. The molecule has 0 aromatic carbocycles. The molecule has 0 saturated carbocycles. The van der Waals surface area contributed by atoms with Gasteiger partial charge < -0.3 is 18.8 Å². The van der Waals surface area contributed by atoms with Gasteiger partial charge in [0.2, 0.25) is 0 Å². The molecule has 1 aliphatic rings. The number of ether oxygens (including phenoxy) is 2. The van der Waals surface area contributed by atoms with Crippen LogP contribution in [0.25, 0.3) is 0 Å². The largest absolute Gasteiger partial charge is 0.460 e. The molecule has 3 rings (SSSR count). The maximum atomic E-state index is 12.4. The van der Waals surface area contributed by atoms with Crippen molar-refractivity contribution in [3.8, 4) is 6.01 Å². The van der Waals surface area contributed by atoms with Crippen molar-refractivity contribution in [2.24, 2.45) is 0 Å². The van der Waals surface area contributed by atoms with Crippen molar-refractivity contribution < 1.29 is 18.7 Å². The first-order chi connectivity index (χ1) is 11.3. The Morgan fingerprint density at radius 1 is 1.30 bits per heavy atom. The van der Waals surface area contributed by atoms with Crippen LogP contribution in [0.4, 0.5) is 0 Å². The summed E-state index contributed by atoms with van der Waals surface area (Å²) in [6, 6.07) is 5.58. The Hall–Kier alpha value is -2.41. The summed E-state index contributed by atoms with van der Waals surface area (Å²) in [5, 5.41) is 0. The number of aromatic nitrogens is 2. The van der Waals surface area contributed by atoms with Gasteiger partial charge in [0.05, 0.1) is 0 Å². The number of amides is 1. The molecule has 1 amide bonds. The predicted octanol–water partition coefficient (Wildman–Crippen LogP) is 1.90. The number of rotatable bonds is 5. The van der Waals surface area contributed by atoms with Gasteiger partial charge in [0.1, 0.15) is 18.5 Å². The van der Waals surface area contributed by atoms with E-state index >= 15 is 0 Å². The molecule has 1 aliphatic heterocycles. The number of furan rings is 1. The molecule has 7 nitrogen and oxygen atoms in total. The molecule has 0 radical (unpaired) electrons. The Kier molecular flexibility index (Phi) is 4.87.